The SMILES string of the molecule is Cc1cc2c(cc1-c1c(C)noc1C)ncc1nc(-c3ccccc3)n([C@@H](C)COC(F)F)c12. The van der Waals surface area contributed by atoms with Crippen LogP contribution in [0.1, 0.15) is 30.0 Å². The molecule has 6 nitrogen and oxygen atoms in total. The van der Waals surface area contributed by atoms with Crippen LogP contribution < -0.4 is 0 Å². The van der Waals surface area contributed by atoms with Crippen LogP contribution in [0.3, 0.4) is 0 Å². The van der Waals surface area contributed by atoms with E-state index in [4.69, 9.17) is 9.51 Å². The first-order chi connectivity index (χ1) is 16.3. The summed E-state index contributed by atoms with van der Waals surface area (Å²) in [6.45, 7) is 4.70. The minimum atomic E-state index is -2.84. The largest absolute Gasteiger partial charge is 0.361 e. The van der Waals surface area contributed by atoms with Gasteiger partial charge in [0, 0.05) is 16.5 Å². The van der Waals surface area contributed by atoms with Crippen LogP contribution in [0.2, 0.25) is 0 Å². The van der Waals surface area contributed by atoms with E-state index in [0.29, 0.717) is 11.3 Å². The Morgan fingerprint density at radius 2 is 1.82 bits per heavy atom. The maximum atomic E-state index is 12.9. The lowest BCUT2D eigenvalue weighted by atomic mass is 9.96. The van der Waals surface area contributed by atoms with Crippen LogP contribution in [-0.2, 0) is 4.74 Å². The first kappa shape index (κ1) is 22.2. The Bertz CT molecular complexity index is 1470. The van der Waals surface area contributed by atoms with Crippen molar-refractivity contribution >= 4 is 21.9 Å². The van der Waals surface area contributed by atoms with Crippen LogP contribution >= 0.6 is 0 Å². The average Bonchev–Trinajstić information content (AvgIpc) is 3.38. The third-order valence-electron chi connectivity index (χ3n) is 6.10. The molecule has 174 valence electrons. The first-order valence-corrected chi connectivity index (χ1v) is 11.0. The molecular weight excluding hydrogens is 438 g/mol. The second-order valence-electron chi connectivity index (χ2n) is 8.49. The van der Waals surface area contributed by atoms with E-state index in [1.165, 1.54) is 0 Å². The van der Waals surface area contributed by atoms with E-state index in [9.17, 15) is 8.78 Å². The Labute approximate surface area is 195 Å². The van der Waals surface area contributed by atoms with E-state index in [1.807, 2.05) is 68.7 Å². The summed E-state index contributed by atoms with van der Waals surface area (Å²) < 4.78 is 37.7. The van der Waals surface area contributed by atoms with Gasteiger partial charge in [0.2, 0.25) is 0 Å². The smallest absolute Gasteiger partial charge is 0.345 e. The number of nitrogens with zero attached hydrogens (tertiary/aromatic N) is 4. The number of benzene rings is 2. The second kappa shape index (κ2) is 8.61. The van der Waals surface area contributed by atoms with Gasteiger partial charge in [-0.25, -0.2) is 4.98 Å². The van der Waals surface area contributed by atoms with Gasteiger partial charge in [0.25, 0.3) is 0 Å². The van der Waals surface area contributed by atoms with Crippen molar-refractivity contribution in [3.63, 3.8) is 0 Å². The summed E-state index contributed by atoms with van der Waals surface area (Å²) in [6.07, 6.45) is 1.73. The minimum Gasteiger partial charge on any atom is -0.361 e. The Hall–Kier alpha value is -3.65. The summed E-state index contributed by atoms with van der Waals surface area (Å²) in [5.41, 5.74) is 6.99. The molecule has 0 spiro atoms. The van der Waals surface area contributed by atoms with Crippen LogP contribution in [0.15, 0.2) is 53.2 Å². The molecule has 0 aliphatic carbocycles. The van der Waals surface area contributed by atoms with Gasteiger partial charge in [0.15, 0.2) is 0 Å². The van der Waals surface area contributed by atoms with E-state index >= 15 is 0 Å². The van der Waals surface area contributed by atoms with Crippen molar-refractivity contribution in [2.75, 3.05) is 6.61 Å². The number of imidazole rings is 1. The molecular formula is C26H24F2N4O2. The zero-order valence-corrected chi connectivity index (χ0v) is 19.3. The number of ether oxygens (including phenoxy) is 1. The summed E-state index contributed by atoms with van der Waals surface area (Å²) in [4.78, 5) is 9.53. The van der Waals surface area contributed by atoms with Gasteiger partial charge in [-0.05, 0) is 51.0 Å². The van der Waals surface area contributed by atoms with Gasteiger partial charge in [0.05, 0.1) is 35.6 Å². The third-order valence-corrected chi connectivity index (χ3v) is 6.10. The van der Waals surface area contributed by atoms with Gasteiger partial charge in [-0.2, -0.15) is 8.78 Å². The van der Waals surface area contributed by atoms with Gasteiger partial charge in [-0.1, -0.05) is 35.5 Å². The molecule has 0 N–H and O–H groups in total. The highest BCUT2D eigenvalue weighted by molar-refractivity contribution is 6.05. The molecule has 8 heteroatoms. The lowest BCUT2D eigenvalue weighted by Crippen LogP contribution is -2.15. The van der Waals surface area contributed by atoms with Crippen LogP contribution in [-0.4, -0.2) is 32.9 Å². The first-order valence-electron chi connectivity index (χ1n) is 11.0. The van der Waals surface area contributed by atoms with Gasteiger partial charge in [-0.3, -0.25) is 4.98 Å². The molecule has 3 heterocycles. The molecule has 0 amide bonds. The van der Waals surface area contributed by atoms with Crippen LogP contribution in [0.4, 0.5) is 8.78 Å². The quantitative estimate of drug-likeness (QED) is 0.283. The molecule has 0 radical (unpaired) electrons. The van der Waals surface area contributed by atoms with Crippen LogP contribution in [0.5, 0.6) is 0 Å². The minimum absolute atomic E-state index is 0.150. The molecule has 0 aliphatic heterocycles. The predicted octanol–water partition coefficient (Wildman–Crippen LogP) is 6.63. The fourth-order valence-corrected chi connectivity index (χ4v) is 4.58. The normalized spacial score (nSPS) is 12.8. The van der Waals surface area contributed by atoms with Crippen molar-refractivity contribution in [3.8, 4) is 22.5 Å². The Morgan fingerprint density at radius 3 is 2.50 bits per heavy atom. The van der Waals surface area contributed by atoms with Crippen molar-refractivity contribution < 1.29 is 18.0 Å². The van der Waals surface area contributed by atoms with Crippen molar-refractivity contribution in [2.24, 2.45) is 0 Å². The molecule has 0 unspecified atom stereocenters. The molecule has 5 rings (SSSR count). The predicted molar refractivity (Wildman–Crippen MR) is 127 cm³/mol. The summed E-state index contributed by atoms with van der Waals surface area (Å²) in [5.74, 6) is 1.43. The number of aromatic nitrogens is 4. The highest BCUT2D eigenvalue weighted by Gasteiger charge is 2.22. The second-order valence-corrected chi connectivity index (χ2v) is 8.49. The number of aryl methyl sites for hydroxylation is 3. The molecule has 1 atom stereocenters. The molecule has 2 aromatic carbocycles. The van der Waals surface area contributed by atoms with Crippen molar-refractivity contribution in [2.45, 2.75) is 40.3 Å². The van der Waals surface area contributed by atoms with Crippen LogP contribution in [0.25, 0.3) is 44.5 Å². The zero-order valence-electron chi connectivity index (χ0n) is 19.3. The third kappa shape index (κ3) is 3.74. The fraction of sp³-hybridized carbons (Fsp3) is 0.269. The van der Waals surface area contributed by atoms with Crippen molar-refractivity contribution in [3.05, 3.63) is 65.7 Å². The van der Waals surface area contributed by atoms with Gasteiger partial charge < -0.3 is 13.8 Å². The molecule has 0 saturated carbocycles. The number of hydrogen-bond donors (Lipinski definition) is 0. The Kier molecular flexibility index (Phi) is 5.61. The maximum absolute atomic E-state index is 12.9. The number of halogens is 2. The van der Waals surface area contributed by atoms with Gasteiger partial charge in [0.1, 0.15) is 17.1 Å². The summed E-state index contributed by atoms with van der Waals surface area (Å²) in [6, 6.07) is 13.4. The zero-order chi connectivity index (χ0) is 24.0. The van der Waals surface area contributed by atoms with Gasteiger partial charge >= 0.3 is 6.61 Å². The van der Waals surface area contributed by atoms with Crippen molar-refractivity contribution in [1.29, 1.82) is 0 Å². The highest BCUT2D eigenvalue weighted by Crippen LogP contribution is 2.37. The molecule has 34 heavy (non-hydrogen) atoms. The number of hydrogen-bond acceptors (Lipinski definition) is 5. The highest BCUT2D eigenvalue weighted by atomic mass is 19.3. The standard InChI is InChI=1S/C26H24F2N4O2/c1-14-10-20-21(11-19(14)23-16(3)31-34-17(23)4)29-12-22-24(20)32(15(2)13-33-26(27)28)25(30-22)18-8-6-5-7-9-18/h5-12,15,26H,13H2,1-4H3/t15-/m0/s1. The summed E-state index contributed by atoms with van der Waals surface area (Å²) in [7, 11) is 0. The molecule has 0 saturated heterocycles. The van der Waals surface area contributed by atoms with E-state index in [-0.39, 0.29) is 12.6 Å². The molecule has 5 aromatic rings. The molecule has 3 aromatic heterocycles. The Morgan fingerprint density at radius 1 is 1.06 bits per heavy atom. The topological polar surface area (TPSA) is 66.0 Å². The lowest BCUT2D eigenvalue weighted by molar-refractivity contribution is -0.135. The monoisotopic (exact) mass is 462 g/mol. The number of alkyl halides is 2. The van der Waals surface area contributed by atoms with E-state index in [2.05, 4.69) is 20.9 Å². The molecule has 0 aliphatic rings. The number of rotatable bonds is 6. The number of pyridine rings is 1. The lowest BCUT2D eigenvalue weighted by Gasteiger charge is -2.19. The van der Waals surface area contributed by atoms with Gasteiger partial charge in [-0.15, -0.1) is 0 Å². The molecule has 0 fully saturated rings. The summed E-state index contributed by atoms with van der Waals surface area (Å²) >= 11 is 0. The average molecular weight is 463 g/mol. The summed E-state index contributed by atoms with van der Waals surface area (Å²) in [5, 5.41) is 4.98. The van der Waals surface area contributed by atoms with E-state index in [1.54, 1.807) is 6.20 Å². The fourth-order valence-electron chi connectivity index (χ4n) is 4.58. The van der Waals surface area contributed by atoms with Crippen molar-refractivity contribution in [1.82, 2.24) is 19.7 Å². The molecule has 0 bridgehead atoms. The Balaban J connectivity index is 1.78. The van der Waals surface area contributed by atoms with E-state index in [0.717, 1.165) is 50.1 Å². The van der Waals surface area contributed by atoms with Crippen LogP contribution in [0, 0.1) is 20.8 Å². The number of fused-ring (bicyclic) bond motifs is 3. The van der Waals surface area contributed by atoms with E-state index < -0.39 is 6.61 Å². The maximum Gasteiger partial charge on any atom is 0.345 e.